The van der Waals surface area contributed by atoms with Crippen molar-refractivity contribution in [2.45, 2.75) is 27.2 Å². The molecule has 5 nitrogen and oxygen atoms in total. The zero-order valence-electron chi connectivity index (χ0n) is 18.5. The van der Waals surface area contributed by atoms with Crippen LogP contribution in [0.15, 0.2) is 78.5 Å². The van der Waals surface area contributed by atoms with Crippen molar-refractivity contribution in [2.75, 3.05) is 16.8 Å². The fourth-order valence-corrected chi connectivity index (χ4v) is 3.65. The van der Waals surface area contributed by atoms with Gasteiger partial charge in [0.2, 0.25) is 0 Å². The first kappa shape index (κ1) is 21.4. The van der Waals surface area contributed by atoms with Crippen LogP contribution in [0.25, 0.3) is 5.57 Å². The maximum Gasteiger partial charge on any atom is 0.282 e. The maximum absolute atomic E-state index is 13.5. The standard InChI is InChI=1S/C27H26N2O3/c1-4-15-32-23-12-8-9-21(17-23)28-25-24(20-14-13-18(2)19(3)16-20)26(30)29(27(25)31)22-10-6-5-7-11-22/h5-14,16-17,28H,4,15H2,1-3H3. The van der Waals surface area contributed by atoms with Crippen LogP contribution in [-0.2, 0) is 9.59 Å². The van der Waals surface area contributed by atoms with Gasteiger partial charge in [0.1, 0.15) is 11.4 Å². The molecule has 1 N–H and O–H groups in total. The number of nitrogens with one attached hydrogen (secondary N) is 1. The van der Waals surface area contributed by atoms with Crippen molar-refractivity contribution in [2.24, 2.45) is 0 Å². The minimum atomic E-state index is -0.380. The van der Waals surface area contributed by atoms with E-state index in [2.05, 4.69) is 5.32 Å². The van der Waals surface area contributed by atoms with Crippen LogP contribution < -0.4 is 15.0 Å². The Bertz CT molecular complexity index is 1200. The Hall–Kier alpha value is -3.86. The van der Waals surface area contributed by atoms with E-state index in [1.165, 1.54) is 4.90 Å². The molecule has 0 aliphatic carbocycles. The molecule has 162 valence electrons. The van der Waals surface area contributed by atoms with Crippen LogP contribution in [0.5, 0.6) is 5.75 Å². The van der Waals surface area contributed by atoms with Gasteiger partial charge in [0.25, 0.3) is 11.8 Å². The number of nitrogens with zero attached hydrogens (tertiary/aromatic N) is 1. The van der Waals surface area contributed by atoms with Gasteiger partial charge in [-0.2, -0.15) is 0 Å². The molecule has 0 saturated heterocycles. The minimum absolute atomic E-state index is 0.259. The van der Waals surface area contributed by atoms with E-state index < -0.39 is 0 Å². The van der Waals surface area contributed by atoms with Gasteiger partial charge in [0, 0.05) is 11.8 Å². The first-order valence-corrected chi connectivity index (χ1v) is 10.7. The predicted molar refractivity (Wildman–Crippen MR) is 128 cm³/mol. The molecule has 0 bridgehead atoms. The van der Waals surface area contributed by atoms with Crippen LogP contribution in [-0.4, -0.2) is 18.4 Å². The summed E-state index contributed by atoms with van der Waals surface area (Å²) in [5.41, 5.74) is 4.75. The summed E-state index contributed by atoms with van der Waals surface area (Å²) in [6.07, 6.45) is 0.902. The van der Waals surface area contributed by atoms with Crippen LogP contribution in [0.2, 0.25) is 0 Å². The molecule has 0 radical (unpaired) electrons. The highest BCUT2D eigenvalue weighted by atomic mass is 16.5. The number of rotatable bonds is 7. The van der Waals surface area contributed by atoms with E-state index in [-0.39, 0.29) is 17.5 Å². The lowest BCUT2D eigenvalue weighted by molar-refractivity contribution is -0.120. The highest BCUT2D eigenvalue weighted by molar-refractivity contribution is 6.46. The average molecular weight is 427 g/mol. The third-order valence-electron chi connectivity index (χ3n) is 5.47. The summed E-state index contributed by atoms with van der Waals surface area (Å²) in [4.78, 5) is 28.2. The van der Waals surface area contributed by atoms with Crippen molar-refractivity contribution in [1.29, 1.82) is 0 Å². The summed E-state index contributed by atoms with van der Waals surface area (Å²) in [7, 11) is 0. The van der Waals surface area contributed by atoms with E-state index in [0.29, 0.717) is 34.9 Å². The smallest absolute Gasteiger partial charge is 0.282 e. The van der Waals surface area contributed by atoms with Crippen LogP contribution in [0.1, 0.15) is 30.0 Å². The Balaban J connectivity index is 1.78. The summed E-state index contributed by atoms with van der Waals surface area (Å²) in [5, 5.41) is 3.21. The van der Waals surface area contributed by atoms with Gasteiger partial charge in [-0.25, -0.2) is 4.90 Å². The fraction of sp³-hybridized carbons (Fsp3) is 0.185. The number of para-hydroxylation sites is 1. The number of hydrogen-bond donors (Lipinski definition) is 1. The number of benzene rings is 3. The highest BCUT2D eigenvalue weighted by Crippen LogP contribution is 2.34. The van der Waals surface area contributed by atoms with Crippen LogP contribution >= 0.6 is 0 Å². The molecule has 0 saturated carbocycles. The SMILES string of the molecule is CCCOc1cccc(NC2=C(c3ccc(C)c(C)c3)C(=O)N(c3ccccc3)C2=O)c1. The molecular weight excluding hydrogens is 400 g/mol. The van der Waals surface area contributed by atoms with E-state index >= 15 is 0 Å². The molecule has 1 aliphatic rings. The van der Waals surface area contributed by atoms with Gasteiger partial charge in [0.05, 0.1) is 17.9 Å². The monoisotopic (exact) mass is 426 g/mol. The summed E-state index contributed by atoms with van der Waals surface area (Å²) < 4.78 is 5.72. The topological polar surface area (TPSA) is 58.6 Å². The van der Waals surface area contributed by atoms with Crippen LogP contribution in [0, 0.1) is 13.8 Å². The largest absolute Gasteiger partial charge is 0.494 e. The lowest BCUT2D eigenvalue weighted by Gasteiger charge is -2.15. The molecule has 4 rings (SSSR count). The molecule has 1 heterocycles. The quantitative estimate of drug-likeness (QED) is 0.508. The Kier molecular flexibility index (Phi) is 6.08. The van der Waals surface area contributed by atoms with Gasteiger partial charge in [-0.3, -0.25) is 9.59 Å². The second-order valence-electron chi connectivity index (χ2n) is 7.83. The third kappa shape index (κ3) is 4.14. The number of carbonyl (C=O) groups is 2. The van der Waals surface area contributed by atoms with Gasteiger partial charge < -0.3 is 10.1 Å². The Morgan fingerprint density at radius 1 is 0.844 bits per heavy atom. The van der Waals surface area contributed by atoms with Crippen molar-refractivity contribution >= 4 is 28.8 Å². The van der Waals surface area contributed by atoms with Gasteiger partial charge in [0.15, 0.2) is 0 Å². The van der Waals surface area contributed by atoms with Gasteiger partial charge in [-0.15, -0.1) is 0 Å². The lowest BCUT2D eigenvalue weighted by atomic mass is 9.99. The van der Waals surface area contributed by atoms with Crippen LogP contribution in [0.4, 0.5) is 11.4 Å². The molecule has 32 heavy (non-hydrogen) atoms. The zero-order valence-corrected chi connectivity index (χ0v) is 18.5. The second-order valence-corrected chi connectivity index (χ2v) is 7.83. The van der Waals surface area contributed by atoms with E-state index in [9.17, 15) is 9.59 Å². The normalized spacial score (nSPS) is 13.7. The van der Waals surface area contributed by atoms with Crippen molar-refractivity contribution in [3.8, 4) is 5.75 Å². The van der Waals surface area contributed by atoms with Crippen molar-refractivity contribution in [3.05, 3.63) is 95.2 Å². The van der Waals surface area contributed by atoms with Crippen molar-refractivity contribution in [1.82, 2.24) is 0 Å². The third-order valence-corrected chi connectivity index (χ3v) is 5.47. The number of amides is 2. The Labute approximate surface area is 188 Å². The number of carbonyl (C=O) groups excluding carboxylic acids is 2. The number of ether oxygens (including phenoxy) is 1. The van der Waals surface area contributed by atoms with E-state index in [1.54, 1.807) is 12.1 Å². The summed E-state index contributed by atoms with van der Waals surface area (Å²) >= 11 is 0. The second kappa shape index (κ2) is 9.10. The zero-order chi connectivity index (χ0) is 22.7. The predicted octanol–water partition coefficient (Wildman–Crippen LogP) is 5.49. The van der Waals surface area contributed by atoms with Gasteiger partial charge in [-0.1, -0.05) is 49.4 Å². The van der Waals surface area contributed by atoms with Crippen LogP contribution in [0.3, 0.4) is 0 Å². The van der Waals surface area contributed by atoms with E-state index in [0.717, 1.165) is 17.5 Å². The maximum atomic E-state index is 13.5. The molecule has 1 aliphatic heterocycles. The van der Waals surface area contributed by atoms with Gasteiger partial charge >= 0.3 is 0 Å². The molecule has 0 atom stereocenters. The number of imide groups is 1. The molecule has 0 fully saturated rings. The lowest BCUT2D eigenvalue weighted by Crippen LogP contribution is -2.32. The van der Waals surface area contributed by atoms with Crippen molar-refractivity contribution in [3.63, 3.8) is 0 Å². The molecule has 0 aromatic heterocycles. The minimum Gasteiger partial charge on any atom is -0.494 e. The number of hydrogen-bond acceptors (Lipinski definition) is 4. The first-order chi connectivity index (χ1) is 15.5. The Morgan fingerprint density at radius 3 is 2.34 bits per heavy atom. The number of anilines is 2. The van der Waals surface area contributed by atoms with E-state index in [1.807, 2.05) is 81.4 Å². The summed E-state index contributed by atoms with van der Waals surface area (Å²) in [5.74, 6) is -0.0125. The van der Waals surface area contributed by atoms with Crippen molar-refractivity contribution < 1.29 is 14.3 Å². The van der Waals surface area contributed by atoms with E-state index in [4.69, 9.17) is 4.74 Å². The summed E-state index contributed by atoms with van der Waals surface area (Å²) in [6, 6.07) is 22.2. The first-order valence-electron chi connectivity index (χ1n) is 10.7. The molecule has 3 aromatic rings. The fourth-order valence-electron chi connectivity index (χ4n) is 3.65. The molecule has 5 heteroatoms. The summed E-state index contributed by atoms with van der Waals surface area (Å²) in [6.45, 7) is 6.67. The molecule has 2 amide bonds. The molecular formula is C27H26N2O3. The average Bonchev–Trinajstić information content (AvgIpc) is 3.04. The number of aryl methyl sites for hydroxylation is 2. The molecule has 0 spiro atoms. The van der Waals surface area contributed by atoms with Gasteiger partial charge in [-0.05, 0) is 61.2 Å². The molecule has 3 aromatic carbocycles. The molecule has 0 unspecified atom stereocenters. The Morgan fingerprint density at radius 2 is 1.62 bits per heavy atom. The highest BCUT2D eigenvalue weighted by Gasteiger charge is 2.40.